The number of aromatic nitrogens is 1. The molecule has 0 N–H and O–H groups in total. The Hall–Kier alpha value is -0.940. The summed E-state index contributed by atoms with van der Waals surface area (Å²) in [7, 11) is 1.74. The van der Waals surface area contributed by atoms with Gasteiger partial charge in [-0.15, -0.1) is 0 Å². The number of carbonyl (C=O) groups is 1. The van der Waals surface area contributed by atoms with E-state index in [4.69, 9.17) is 9.72 Å². The molecule has 1 aliphatic rings. The van der Waals surface area contributed by atoms with Crippen LogP contribution in [0, 0.1) is 5.92 Å². The summed E-state index contributed by atoms with van der Waals surface area (Å²) in [6, 6.07) is 0. The van der Waals surface area contributed by atoms with Crippen LogP contribution in [0.1, 0.15) is 42.6 Å². The summed E-state index contributed by atoms with van der Waals surface area (Å²) in [4.78, 5) is 18.9. The Labute approximate surface area is 118 Å². The topological polar surface area (TPSA) is 42.4 Å². The maximum absolute atomic E-state index is 11.2. The van der Waals surface area contributed by atoms with Crippen molar-refractivity contribution in [2.75, 3.05) is 31.7 Å². The standard InChI is InChI=1S/C14H22N2O2S/c1-14(2,3)12-11(8-17)19-13(15-12)16-6-5-10(7-16)9-18-4/h8,10H,5-7,9H2,1-4H3. The number of ether oxygens (including phenoxy) is 1. The lowest BCUT2D eigenvalue weighted by molar-refractivity contribution is 0.112. The molecule has 0 radical (unpaired) electrons. The summed E-state index contributed by atoms with van der Waals surface area (Å²) < 4.78 is 5.21. The first kappa shape index (κ1) is 14.5. The van der Waals surface area contributed by atoms with Gasteiger partial charge in [-0.25, -0.2) is 4.98 Å². The molecule has 0 amide bonds. The molecule has 0 aromatic carbocycles. The van der Waals surface area contributed by atoms with Crippen LogP contribution in [-0.4, -0.2) is 38.1 Å². The van der Waals surface area contributed by atoms with Gasteiger partial charge in [-0.1, -0.05) is 32.1 Å². The second-order valence-electron chi connectivity index (χ2n) is 6.13. The second kappa shape index (κ2) is 5.59. The lowest BCUT2D eigenvalue weighted by Crippen LogP contribution is -2.21. The molecule has 5 heteroatoms. The van der Waals surface area contributed by atoms with Crippen molar-refractivity contribution in [3.8, 4) is 0 Å². The fraction of sp³-hybridized carbons (Fsp3) is 0.714. The van der Waals surface area contributed by atoms with Crippen molar-refractivity contribution < 1.29 is 9.53 Å². The highest BCUT2D eigenvalue weighted by Gasteiger charge is 2.28. The van der Waals surface area contributed by atoms with Crippen molar-refractivity contribution >= 4 is 22.8 Å². The van der Waals surface area contributed by atoms with E-state index in [1.165, 1.54) is 11.3 Å². The molecule has 1 aliphatic heterocycles. The van der Waals surface area contributed by atoms with Crippen molar-refractivity contribution in [1.29, 1.82) is 0 Å². The van der Waals surface area contributed by atoms with E-state index in [9.17, 15) is 4.79 Å². The molecule has 0 saturated carbocycles. The number of carbonyl (C=O) groups excluding carboxylic acids is 1. The van der Waals surface area contributed by atoms with Gasteiger partial charge in [0.2, 0.25) is 0 Å². The van der Waals surface area contributed by atoms with Crippen LogP contribution in [-0.2, 0) is 10.2 Å². The van der Waals surface area contributed by atoms with Crippen LogP contribution in [0.5, 0.6) is 0 Å². The van der Waals surface area contributed by atoms with Crippen molar-refractivity contribution in [3.63, 3.8) is 0 Å². The van der Waals surface area contributed by atoms with E-state index in [0.29, 0.717) is 5.92 Å². The van der Waals surface area contributed by atoms with Crippen molar-refractivity contribution in [2.24, 2.45) is 5.92 Å². The number of rotatable bonds is 4. The SMILES string of the molecule is COCC1CCN(c2nc(C(C)(C)C)c(C=O)s2)C1. The van der Waals surface area contributed by atoms with Gasteiger partial charge in [0.15, 0.2) is 11.4 Å². The van der Waals surface area contributed by atoms with Crippen molar-refractivity contribution in [2.45, 2.75) is 32.6 Å². The Morgan fingerprint density at radius 2 is 2.26 bits per heavy atom. The number of methoxy groups -OCH3 is 1. The van der Waals surface area contributed by atoms with Crippen molar-refractivity contribution in [3.05, 3.63) is 10.6 Å². The monoisotopic (exact) mass is 282 g/mol. The van der Waals surface area contributed by atoms with Gasteiger partial charge in [0.1, 0.15) is 0 Å². The third kappa shape index (κ3) is 3.15. The highest BCUT2D eigenvalue weighted by Crippen LogP contribution is 2.34. The first-order chi connectivity index (χ1) is 8.95. The van der Waals surface area contributed by atoms with Crippen LogP contribution in [0.25, 0.3) is 0 Å². The summed E-state index contributed by atoms with van der Waals surface area (Å²) >= 11 is 1.51. The zero-order valence-electron chi connectivity index (χ0n) is 12.1. The Balaban J connectivity index is 2.18. The molecule has 1 fully saturated rings. The van der Waals surface area contributed by atoms with Gasteiger partial charge >= 0.3 is 0 Å². The van der Waals surface area contributed by atoms with Crippen LogP contribution in [0.3, 0.4) is 0 Å². The van der Waals surface area contributed by atoms with E-state index in [1.54, 1.807) is 7.11 Å². The first-order valence-electron chi connectivity index (χ1n) is 6.66. The van der Waals surface area contributed by atoms with Gasteiger partial charge in [-0.2, -0.15) is 0 Å². The molecule has 2 heterocycles. The lowest BCUT2D eigenvalue weighted by Gasteiger charge is -2.17. The predicted molar refractivity (Wildman–Crippen MR) is 78.4 cm³/mol. The molecule has 0 spiro atoms. The van der Waals surface area contributed by atoms with Gasteiger partial charge in [0.05, 0.1) is 17.2 Å². The van der Waals surface area contributed by atoms with E-state index < -0.39 is 0 Å². The normalized spacial score (nSPS) is 20.0. The van der Waals surface area contributed by atoms with Crippen molar-refractivity contribution in [1.82, 2.24) is 4.98 Å². The predicted octanol–water partition coefficient (Wildman–Crippen LogP) is 2.73. The van der Waals surface area contributed by atoms with Crippen LogP contribution >= 0.6 is 11.3 Å². The molecule has 4 nitrogen and oxygen atoms in total. The fourth-order valence-corrected chi connectivity index (χ4v) is 3.58. The summed E-state index contributed by atoms with van der Waals surface area (Å²) in [5, 5.41) is 0.977. The lowest BCUT2D eigenvalue weighted by atomic mass is 9.91. The molecule has 106 valence electrons. The minimum Gasteiger partial charge on any atom is -0.384 e. The summed E-state index contributed by atoms with van der Waals surface area (Å²) in [5.41, 5.74) is 0.828. The highest BCUT2D eigenvalue weighted by molar-refractivity contribution is 7.17. The Morgan fingerprint density at radius 1 is 1.53 bits per heavy atom. The first-order valence-corrected chi connectivity index (χ1v) is 7.47. The van der Waals surface area contributed by atoms with E-state index in [0.717, 1.165) is 48.1 Å². The number of hydrogen-bond donors (Lipinski definition) is 0. The smallest absolute Gasteiger partial charge is 0.186 e. The molecule has 1 atom stereocenters. The largest absolute Gasteiger partial charge is 0.384 e. The van der Waals surface area contributed by atoms with E-state index in [2.05, 4.69) is 25.7 Å². The second-order valence-corrected chi connectivity index (χ2v) is 7.14. The zero-order chi connectivity index (χ0) is 14.0. The molecule has 1 unspecified atom stereocenters. The van der Waals surface area contributed by atoms with Gasteiger partial charge in [-0.05, 0) is 6.42 Å². The molecule has 2 rings (SSSR count). The van der Waals surface area contributed by atoms with Crippen LogP contribution < -0.4 is 4.90 Å². The van der Waals surface area contributed by atoms with Crippen LogP contribution in [0.4, 0.5) is 5.13 Å². The average molecular weight is 282 g/mol. The minimum atomic E-state index is -0.0867. The summed E-state index contributed by atoms with van der Waals surface area (Å²) in [6.07, 6.45) is 2.07. The van der Waals surface area contributed by atoms with E-state index >= 15 is 0 Å². The van der Waals surface area contributed by atoms with Gasteiger partial charge < -0.3 is 9.64 Å². The van der Waals surface area contributed by atoms with Crippen LogP contribution in [0.15, 0.2) is 0 Å². The average Bonchev–Trinajstić information content (AvgIpc) is 2.93. The zero-order valence-corrected chi connectivity index (χ0v) is 12.9. The summed E-state index contributed by atoms with van der Waals surface area (Å²) in [6.45, 7) is 9.06. The number of thiazole rings is 1. The van der Waals surface area contributed by atoms with Gasteiger partial charge in [-0.3, -0.25) is 4.79 Å². The number of hydrogen-bond acceptors (Lipinski definition) is 5. The molecule has 0 bridgehead atoms. The quantitative estimate of drug-likeness (QED) is 0.796. The third-order valence-electron chi connectivity index (χ3n) is 3.42. The Morgan fingerprint density at radius 3 is 2.79 bits per heavy atom. The number of anilines is 1. The van der Waals surface area contributed by atoms with Gasteiger partial charge in [0, 0.05) is 31.5 Å². The third-order valence-corrected chi connectivity index (χ3v) is 4.46. The molecule has 1 aromatic heterocycles. The molecular formula is C14H22N2O2S. The molecule has 1 aromatic rings. The molecule has 1 saturated heterocycles. The van der Waals surface area contributed by atoms with E-state index in [1.807, 2.05) is 0 Å². The fourth-order valence-electron chi connectivity index (χ4n) is 2.45. The molecule has 0 aliphatic carbocycles. The molecular weight excluding hydrogens is 260 g/mol. The maximum Gasteiger partial charge on any atom is 0.186 e. The summed E-state index contributed by atoms with van der Waals surface area (Å²) in [5.74, 6) is 0.576. The number of nitrogens with zero attached hydrogens (tertiary/aromatic N) is 2. The Bertz CT molecular complexity index is 451. The van der Waals surface area contributed by atoms with Crippen LogP contribution in [0.2, 0.25) is 0 Å². The maximum atomic E-state index is 11.2. The Kier molecular flexibility index (Phi) is 4.26. The van der Waals surface area contributed by atoms with Gasteiger partial charge in [0.25, 0.3) is 0 Å². The number of aldehydes is 1. The molecule has 19 heavy (non-hydrogen) atoms. The van der Waals surface area contributed by atoms with E-state index in [-0.39, 0.29) is 5.41 Å². The minimum absolute atomic E-state index is 0.0867. The highest BCUT2D eigenvalue weighted by atomic mass is 32.1.